The Hall–Kier alpha value is -3.14. The van der Waals surface area contributed by atoms with Crippen LogP contribution >= 0.6 is 0 Å². The van der Waals surface area contributed by atoms with Crippen molar-refractivity contribution in [2.75, 3.05) is 13.2 Å². The third-order valence-corrected chi connectivity index (χ3v) is 5.46. The van der Waals surface area contributed by atoms with Gasteiger partial charge >= 0.3 is 0 Å². The quantitative estimate of drug-likeness (QED) is 0.585. The van der Waals surface area contributed by atoms with Gasteiger partial charge in [0.15, 0.2) is 5.76 Å². The summed E-state index contributed by atoms with van der Waals surface area (Å²) >= 11 is 0. The molecule has 3 rings (SSSR count). The topological polar surface area (TPSA) is 67.8 Å². The summed E-state index contributed by atoms with van der Waals surface area (Å²) in [5.41, 5.74) is 2.54. The van der Waals surface area contributed by atoms with Crippen LogP contribution < -0.4 is 5.32 Å². The SMILES string of the molecule is C#Cc1ccc([C@H]2C=C(C(=O)NCc3ccc(F)cc3)O[C@@H](OCC)[C@@H]2CCCO)cc1. The number of aliphatic hydroxyl groups is 1. The van der Waals surface area contributed by atoms with E-state index in [2.05, 4.69) is 11.2 Å². The third-order valence-electron chi connectivity index (χ3n) is 5.46. The van der Waals surface area contributed by atoms with E-state index in [9.17, 15) is 14.3 Å². The van der Waals surface area contributed by atoms with Gasteiger partial charge < -0.3 is 19.9 Å². The van der Waals surface area contributed by atoms with E-state index in [0.29, 0.717) is 19.4 Å². The number of benzene rings is 2. The summed E-state index contributed by atoms with van der Waals surface area (Å²) in [4.78, 5) is 12.9. The van der Waals surface area contributed by atoms with Crippen molar-refractivity contribution in [1.82, 2.24) is 5.32 Å². The molecule has 0 aliphatic carbocycles. The van der Waals surface area contributed by atoms with Crippen molar-refractivity contribution in [3.8, 4) is 12.3 Å². The van der Waals surface area contributed by atoms with E-state index in [4.69, 9.17) is 15.9 Å². The Bertz CT molecular complexity index is 963. The molecule has 0 unspecified atom stereocenters. The number of aliphatic hydroxyl groups excluding tert-OH is 1. The number of nitrogens with one attached hydrogen (secondary N) is 1. The average molecular weight is 438 g/mol. The maximum Gasteiger partial charge on any atom is 0.286 e. The van der Waals surface area contributed by atoms with Crippen LogP contribution in [0.15, 0.2) is 60.4 Å². The molecule has 5 nitrogen and oxygen atoms in total. The molecule has 2 N–H and O–H groups in total. The molecule has 1 amide bonds. The van der Waals surface area contributed by atoms with Gasteiger partial charge in [0.2, 0.25) is 6.29 Å². The predicted octanol–water partition coefficient (Wildman–Crippen LogP) is 3.87. The standard InChI is InChI=1S/C26H28FNO4/c1-3-18-7-11-20(12-8-18)23-16-24(32-26(31-4-2)22(23)6-5-15-29)25(30)28-17-19-9-13-21(27)14-10-19/h1,7-14,16,22-23,26,29H,4-6,15,17H2,2H3,(H,28,30)/t22-,23-,26-/m1/s1. The molecule has 1 aliphatic rings. The summed E-state index contributed by atoms with van der Waals surface area (Å²) in [5.74, 6) is 1.86. The van der Waals surface area contributed by atoms with Crippen LogP contribution in [0.5, 0.6) is 0 Å². The lowest BCUT2D eigenvalue weighted by Crippen LogP contribution is -2.39. The molecule has 6 heteroatoms. The number of ether oxygens (including phenoxy) is 2. The molecule has 0 saturated heterocycles. The van der Waals surface area contributed by atoms with Gasteiger partial charge in [-0.15, -0.1) is 6.42 Å². The van der Waals surface area contributed by atoms with Crippen molar-refractivity contribution < 1.29 is 23.8 Å². The van der Waals surface area contributed by atoms with Crippen LogP contribution in [0.2, 0.25) is 0 Å². The van der Waals surface area contributed by atoms with E-state index in [1.165, 1.54) is 12.1 Å². The lowest BCUT2D eigenvalue weighted by molar-refractivity contribution is -0.166. The molecular weight excluding hydrogens is 409 g/mol. The molecular formula is C26H28FNO4. The molecule has 1 aliphatic heterocycles. The molecule has 168 valence electrons. The van der Waals surface area contributed by atoms with E-state index < -0.39 is 6.29 Å². The zero-order valence-electron chi connectivity index (χ0n) is 18.1. The van der Waals surface area contributed by atoms with Gasteiger partial charge in [0.25, 0.3) is 5.91 Å². The van der Waals surface area contributed by atoms with Crippen molar-refractivity contribution >= 4 is 5.91 Å². The van der Waals surface area contributed by atoms with Gasteiger partial charge in [-0.2, -0.15) is 0 Å². The van der Waals surface area contributed by atoms with Gasteiger partial charge in [-0.05, 0) is 61.2 Å². The second-order valence-corrected chi connectivity index (χ2v) is 7.60. The Morgan fingerprint density at radius 1 is 1.22 bits per heavy atom. The van der Waals surface area contributed by atoms with Crippen molar-refractivity contribution in [3.05, 3.63) is 82.9 Å². The number of hydrogen-bond donors (Lipinski definition) is 2. The summed E-state index contributed by atoms with van der Waals surface area (Å²) in [6.07, 6.45) is 7.93. The number of rotatable bonds is 9. The molecule has 0 saturated carbocycles. The average Bonchev–Trinajstić information content (AvgIpc) is 2.82. The summed E-state index contributed by atoms with van der Waals surface area (Å²) in [6.45, 7) is 2.60. The Morgan fingerprint density at radius 3 is 2.56 bits per heavy atom. The number of carbonyl (C=O) groups excluding carboxylic acids is 1. The zero-order valence-corrected chi connectivity index (χ0v) is 18.1. The second kappa shape index (κ2) is 11.5. The van der Waals surface area contributed by atoms with Crippen molar-refractivity contribution in [2.24, 2.45) is 5.92 Å². The van der Waals surface area contributed by atoms with E-state index in [1.54, 1.807) is 12.1 Å². The number of terminal acetylenes is 1. The first-order valence-electron chi connectivity index (χ1n) is 10.8. The van der Waals surface area contributed by atoms with Gasteiger partial charge in [0.1, 0.15) is 5.82 Å². The number of halogens is 1. The zero-order chi connectivity index (χ0) is 22.9. The lowest BCUT2D eigenvalue weighted by Gasteiger charge is -2.37. The maximum atomic E-state index is 13.1. The molecule has 2 aromatic carbocycles. The van der Waals surface area contributed by atoms with Gasteiger partial charge in [-0.3, -0.25) is 4.79 Å². The lowest BCUT2D eigenvalue weighted by atomic mass is 9.80. The van der Waals surface area contributed by atoms with Crippen LogP contribution in [0.3, 0.4) is 0 Å². The summed E-state index contributed by atoms with van der Waals surface area (Å²) in [5, 5.41) is 12.2. The third kappa shape index (κ3) is 5.97. The van der Waals surface area contributed by atoms with Gasteiger partial charge in [-0.25, -0.2) is 4.39 Å². The van der Waals surface area contributed by atoms with Crippen molar-refractivity contribution in [3.63, 3.8) is 0 Å². The molecule has 0 fully saturated rings. The number of allylic oxidation sites excluding steroid dienone is 1. The highest BCUT2D eigenvalue weighted by atomic mass is 19.1. The van der Waals surface area contributed by atoms with Crippen molar-refractivity contribution in [1.29, 1.82) is 0 Å². The van der Waals surface area contributed by atoms with E-state index in [-0.39, 0.29) is 42.5 Å². The number of hydrogen-bond acceptors (Lipinski definition) is 4. The maximum absolute atomic E-state index is 13.1. The fourth-order valence-corrected chi connectivity index (χ4v) is 3.82. The Balaban J connectivity index is 1.85. The van der Waals surface area contributed by atoms with Crippen molar-refractivity contribution in [2.45, 2.75) is 38.5 Å². The highest BCUT2D eigenvalue weighted by Gasteiger charge is 2.37. The number of amides is 1. The van der Waals surface area contributed by atoms with Crippen LogP contribution in [0, 0.1) is 24.1 Å². The molecule has 1 heterocycles. The summed E-state index contributed by atoms with van der Waals surface area (Å²) in [7, 11) is 0. The minimum atomic E-state index is -0.625. The second-order valence-electron chi connectivity index (χ2n) is 7.60. The largest absolute Gasteiger partial charge is 0.459 e. The highest BCUT2D eigenvalue weighted by molar-refractivity contribution is 5.91. The molecule has 32 heavy (non-hydrogen) atoms. The molecule has 0 radical (unpaired) electrons. The van der Waals surface area contributed by atoms with Crippen LogP contribution in [0.1, 0.15) is 42.4 Å². The van der Waals surface area contributed by atoms with E-state index in [1.807, 2.05) is 37.3 Å². The minimum Gasteiger partial charge on any atom is -0.459 e. The smallest absolute Gasteiger partial charge is 0.286 e. The van der Waals surface area contributed by atoms with E-state index in [0.717, 1.165) is 16.7 Å². The van der Waals surface area contributed by atoms with Crippen LogP contribution in [-0.2, 0) is 20.8 Å². The minimum absolute atomic E-state index is 0.0623. The Morgan fingerprint density at radius 2 is 1.94 bits per heavy atom. The fraction of sp³-hybridized carbons (Fsp3) is 0.346. The van der Waals surface area contributed by atoms with Crippen LogP contribution in [0.4, 0.5) is 4.39 Å². The predicted molar refractivity (Wildman–Crippen MR) is 120 cm³/mol. The molecule has 2 aromatic rings. The Labute approximate surface area is 188 Å². The monoisotopic (exact) mass is 437 g/mol. The van der Waals surface area contributed by atoms with Gasteiger partial charge in [0, 0.05) is 37.2 Å². The Kier molecular flexibility index (Phi) is 8.43. The van der Waals surface area contributed by atoms with Crippen LogP contribution in [0.25, 0.3) is 0 Å². The first-order chi connectivity index (χ1) is 15.5. The first kappa shape index (κ1) is 23.5. The van der Waals surface area contributed by atoms with Gasteiger partial charge in [-0.1, -0.05) is 30.2 Å². The molecule has 0 bridgehead atoms. The van der Waals surface area contributed by atoms with E-state index >= 15 is 0 Å². The number of carbonyl (C=O) groups is 1. The van der Waals surface area contributed by atoms with Gasteiger partial charge in [0.05, 0.1) is 0 Å². The molecule has 0 aromatic heterocycles. The highest BCUT2D eigenvalue weighted by Crippen LogP contribution is 2.39. The van der Waals surface area contributed by atoms with Crippen LogP contribution in [-0.4, -0.2) is 30.5 Å². The molecule has 0 spiro atoms. The normalized spacial score (nSPS) is 20.1. The summed E-state index contributed by atoms with van der Waals surface area (Å²) < 4.78 is 24.9. The fourth-order valence-electron chi connectivity index (χ4n) is 3.82. The first-order valence-corrected chi connectivity index (χ1v) is 10.8. The molecule has 3 atom stereocenters. The summed E-state index contributed by atoms with van der Waals surface area (Å²) in [6, 6.07) is 13.6.